The van der Waals surface area contributed by atoms with Crippen molar-refractivity contribution < 1.29 is 72.3 Å². The number of carbonyl (C=O) groups is 2. The topological polar surface area (TPSA) is 187 Å². The maximum absolute atomic E-state index is 14.4. The van der Waals surface area contributed by atoms with Crippen LogP contribution in [-0.2, 0) is 57.0 Å². The normalized spacial score (nSPS) is 48.5. The van der Waals surface area contributed by atoms with Crippen molar-refractivity contribution in [2.24, 2.45) is 29.6 Å². The number of fused-ring (bicyclic) bond motifs is 2. The number of hydrogen-bond donors (Lipinski definition) is 3. The maximum Gasteiger partial charge on any atom is 0.316 e. The standard InChI is InChI=1S/C50H74O15/c1-12-25(2)43-28(5)18-19-49(65-43)23-36-21-35(64-49)17-16-27(4)42(26(3)14-13-15-34-24-57-46-40(52)29(6)20-37(47(54)61-36)50(34,46)55)62-39-22-38(56-11)44(31(8)58-39)63-48-30(7)41(53)45(32(9)59-48)60-33(10)51/h13-16,18-20,25-26,28,30-32,35-46,48,52-53,55H,12,17,21-24H2,1-11H3/b14-13+,27-16+,34-15+/t25-,26-,28-,30?,31-,32-,35+,36-,37-,38-,39-,40+,41+,42-,43+,44-,45-,46+,48+,49+,50+/m0/s1. The Morgan fingerprint density at radius 1 is 0.954 bits per heavy atom. The molecule has 0 aromatic heterocycles. The Morgan fingerprint density at radius 3 is 2.40 bits per heavy atom. The summed E-state index contributed by atoms with van der Waals surface area (Å²) in [6, 6.07) is 0. The smallest absolute Gasteiger partial charge is 0.316 e. The molecule has 7 rings (SSSR count). The Labute approximate surface area is 384 Å². The fraction of sp³-hybridized carbons (Fsp3) is 0.760. The fourth-order valence-electron chi connectivity index (χ4n) is 10.9. The Kier molecular flexibility index (Phi) is 15.7. The van der Waals surface area contributed by atoms with Crippen LogP contribution in [0.3, 0.4) is 0 Å². The number of aliphatic hydroxyl groups is 3. The van der Waals surface area contributed by atoms with E-state index in [1.807, 2.05) is 39.0 Å². The minimum atomic E-state index is -1.85. The number of allylic oxidation sites excluding steroid dienone is 2. The number of esters is 2. The molecule has 7 aliphatic rings. The molecule has 0 aromatic rings. The van der Waals surface area contributed by atoms with Crippen molar-refractivity contribution in [3.8, 4) is 0 Å². The lowest BCUT2D eigenvalue weighted by Gasteiger charge is -2.48. The molecule has 0 radical (unpaired) electrons. The maximum atomic E-state index is 14.4. The number of hydrogen-bond acceptors (Lipinski definition) is 15. The first-order valence-electron chi connectivity index (χ1n) is 23.8. The molecule has 4 fully saturated rings. The number of methoxy groups -OCH3 is 1. The van der Waals surface area contributed by atoms with E-state index in [0.29, 0.717) is 30.4 Å². The Bertz CT molecular complexity index is 1860. The zero-order valence-electron chi connectivity index (χ0n) is 40.0. The average molecular weight is 915 g/mol. The highest BCUT2D eigenvalue weighted by Gasteiger charge is 2.60. The highest BCUT2D eigenvalue weighted by Crippen LogP contribution is 2.47. The first kappa shape index (κ1) is 50.1. The molecule has 2 bridgehead atoms. The second-order valence-corrected chi connectivity index (χ2v) is 19.8. The minimum absolute atomic E-state index is 0.0156. The van der Waals surface area contributed by atoms with E-state index in [-0.39, 0.29) is 36.9 Å². The summed E-state index contributed by atoms with van der Waals surface area (Å²) < 4.78 is 63.7. The molecule has 6 heterocycles. The molecule has 15 nitrogen and oxygen atoms in total. The molecule has 364 valence electrons. The summed E-state index contributed by atoms with van der Waals surface area (Å²) in [5.74, 6) is -3.69. The molecule has 3 N–H and O–H groups in total. The first-order chi connectivity index (χ1) is 30.8. The average Bonchev–Trinajstić information content (AvgIpc) is 3.60. The molecular weight excluding hydrogens is 841 g/mol. The quantitative estimate of drug-likeness (QED) is 0.203. The number of carbonyl (C=O) groups excluding carboxylic acids is 2. The van der Waals surface area contributed by atoms with Gasteiger partial charge in [0, 0.05) is 51.0 Å². The SMILES string of the molecule is CC[C@H](C)[C@H]1O[C@]2(C=C[C@@H]1C)C[C@@H]1C[C@@H](C/C=C(\C)[C@@H](O[C@H]3C[C@H](OC)[C@@H](O[C@H]4O[C@@H](C)[C@H](OC(C)=O)[C@H](O)C4C)[C@H](C)O3)[C@@H](C)/C=C/C=C3\CO[C@@H]4[C@H](O)C(C)=C[C@@H](C(=O)O1)[C@]34O)O2. The number of aliphatic hydroxyl groups excluding tert-OH is 2. The lowest BCUT2D eigenvalue weighted by molar-refractivity contribution is -0.331. The molecule has 6 aliphatic heterocycles. The van der Waals surface area contributed by atoms with Gasteiger partial charge in [0.25, 0.3) is 0 Å². The van der Waals surface area contributed by atoms with Gasteiger partial charge in [0.05, 0.1) is 43.2 Å². The molecule has 1 spiro atoms. The Balaban J connectivity index is 1.17. The molecule has 0 saturated carbocycles. The summed E-state index contributed by atoms with van der Waals surface area (Å²) in [5.41, 5.74) is 0.0613. The van der Waals surface area contributed by atoms with Crippen molar-refractivity contribution >= 4 is 11.9 Å². The molecule has 0 amide bonds. The van der Waals surface area contributed by atoms with E-state index in [0.717, 1.165) is 12.0 Å². The van der Waals surface area contributed by atoms with Gasteiger partial charge in [-0.2, -0.15) is 0 Å². The lowest BCUT2D eigenvalue weighted by atomic mass is 9.71. The molecule has 65 heavy (non-hydrogen) atoms. The van der Waals surface area contributed by atoms with Gasteiger partial charge in [0.15, 0.2) is 24.5 Å². The van der Waals surface area contributed by atoms with E-state index < -0.39 is 115 Å². The summed E-state index contributed by atoms with van der Waals surface area (Å²) in [5, 5.41) is 34.8. The summed E-state index contributed by atoms with van der Waals surface area (Å²) in [6.07, 6.45) is 6.53. The minimum Gasteiger partial charge on any atom is -0.462 e. The molecule has 1 unspecified atom stereocenters. The van der Waals surface area contributed by atoms with Gasteiger partial charge in [0.1, 0.15) is 42.0 Å². The van der Waals surface area contributed by atoms with Crippen LogP contribution in [0.15, 0.2) is 59.3 Å². The zero-order valence-corrected chi connectivity index (χ0v) is 40.0. The van der Waals surface area contributed by atoms with E-state index in [1.54, 1.807) is 40.0 Å². The van der Waals surface area contributed by atoms with Crippen LogP contribution in [0.25, 0.3) is 0 Å². The van der Waals surface area contributed by atoms with Gasteiger partial charge in [-0.3, -0.25) is 9.59 Å². The van der Waals surface area contributed by atoms with Gasteiger partial charge in [-0.1, -0.05) is 77.5 Å². The monoisotopic (exact) mass is 915 g/mol. The van der Waals surface area contributed by atoms with Crippen LogP contribution in [-0.4, -0.2) is 138 Å². The van der Waals surface area contributed by atoms with Crippen LogP contribution >= 0.6 is 0 Å². The highest BCUT2D eigenvalue weighted by molar-refractivity contribution is 5.78. The molecule has 1 aliphatic carbocycles. The third-order valence-corrected chi connectivity index (χ3v) is 14.9. The number of rotatable bonds is 8. The van der Waals surface area contributed by atoms with E-state index in [9.17, 15) is 24.9 Å². The van der Waals surface area contributed by atoms with E-state index >= 15 is 0 Å². The third-order valence-electron chi connectivity index (χ3n) is 14.9. The predicted octanol–water partition coefficient (Wildman–Crippen LogP) is 5.54. The second kappa shape index (κ2) is 20.4. The van der Waals surface area contributed by atoms with Crippen molar-refractivity contribution in [1.82, 2.24) is 0 Å². The third kappa shape index (κ3) is 10.3. The second-order valence-electron chi connectivity index (χ2n) is 19.8. The zero-order chi connectivity index (χ0) is 47.1. The summed E-state index contributed by atoms with van der Waals surface area (Å²) in [7, 11) is 1.61. The van der Waals surface area contributed by atoms with Crippen LogP contribution in [0.4, 0.5) is 0 Å². The lowest BCUT2D eigenvalue weighted by Crippen LogP contribution is -2.58. The summed E-state index contributed by atoms with van der Waals surface area (Å²) >= 11 is 0. The van der Waals surface area contributed by atoms with Crippen molar-refractivity contribution in [2.75, 3.05) is 13.7 Å². The molecule has 15 heteroatoms. The number of ether oxygens (including phenoxy) is 10. The Hall–Kier alpha value is -2.80. The molecule has 0 aromatic carbocycles. The van der Waals surface area contributed by atoms with Crippen molar-refractivity contribution in [1.29, 1.82) is 0 Å². The van der Waals surface area contributed by atoms with Gasteiger partial charge in [-0.25, -0.2) is 0 Å². The van der Waals surface area contributed by atoms with E-state index in [2.05, 4.69) is 32.9 Å². The van der Waals surface area contributed by atoms with Crippen LogP contribution in [0.5, 0.6) is 0 Å². The van der Waals surface area contributed by atoms with Crippen LogP contribution in [0.2, 0.25) is 0 Å². The van der Waals surface area contributed by atoms with Gasteiger partial charge < -0.3 is 62.7 Å². The van der Waals surface area contributed by atoms with Crippen molar-refractivity contribution in [3.63, 3.8) is 0 Å². The van der Waals surface area contributed by atoms with Crippen LogP contribution in [0, 0.1) is 29.6 Å². The van der Waals surface area contributed by atoms with Gasteiger partial charge in [-0.15, -0.1) is 0 Å². The molecular formula is C50H74O15. The first-order valence-corrected chi connectivity index (χ1v) is 23.8. The molecule has 4 saturated heterocycles. The fourth-order valence-corrected chi connectivity index (χ4v) is 10.9. The van der Waals surface area contributed by atoms with Crippen LogP contribution < -0.4 is 0 Å². The van der Waals surface area contributed by atoms with Crippen molar-refractivity contribution in [3.05, 3.63) is 59.3 Å². The largest absolute Gasteiger partial charge is 0.462 e. The molecule has 21 atom stereocenters. The van der Waals surface area contributed by atoms with Gasteiger partial charge >= 0.3 is 11.9 Å². The van der Waals surface area contributed by atoms with Crippen LogP contribution in [0.1, 0.15) is 101 Å². The Morgan fingerprint density at radius 2 is 1.69 bits per heavy atom. The summed E-state index contributed by atoms with van der Waals surface area (Å²) in [6.45, 7) is 19.0. The predicted molar refractivity (Wildman–Crippen MR) is 237 cm³/mol. The van der Waals surface area contributed by atoms with E-state index in [1.165, 1.54) is 6.92 Å². The van der Waals surface area contributed by atoms with Crippen molar-refractivity contribution in [2.45, 2.75) is 199 Å². The van der Waals surface area contributed by atoms with Gasteiger partial charge in [0.2, 0.25) is 0 Å². The van der Waals surface area contributed by atoms with E-state index in [4.69, 9.17) is 47.4 Å². The highest BCUT2D eigenvalue weighted by atomic mass is 16.7. The summed E-state index contributed by atoms with van der Waals surface area (Å²) in [4.78, 5) is 26.1. The van der Waals surface area contributed by atoms with Gasteiger partial charge in [-0.05, 0) is 62.8 Å².